The van der Waals surface area contributed by atoms with E-state index in [1.165, 1.54) is 0 Å². The first kappa shape index (κ1) is 14.4. The van der Waals surface area contributed by atoms with Gasteiger partial charge in [-0.15, -0.1) is 0 Å². The van der Waals surface area contributed by atoms with Gasteiger partial charge in [0.25, 0.3) is 0 Å². The van der Waals surface area contributed by atoms with Gasteiger partial charge in [0.1, 0.15) is 5.75 Å². The Kier molecular flexibility index (Phi) is 4.61. The van der Waals surface area contributed by atoms with Crippen LogP contribution in [0.5, 0.6) is 5.75 Å². The molecule has 0 spiro atoms. The highest BCUT2D eigenvalue weighted by Crippen LogP contribution is 2.19. The number of carbonyl (C=O) groups is 2. The molecule has 108 valence electrons. The van der Waals surface area contributed by atoms with Gasteiger partial charge in [-0.3, -0.25) is 9.59 Å². The van der Waals surface area contributed by atoms with Crippen LogP contribution in [0.4, 0.5) is 0 Å². The summed E-state index contributed by atoms with van der Waals surface area (Å²) in [6, 6.07) is 7.38. The number of aliphatic carboxylic acids is 1. The SMILES string of the molecule is COc1cccc(CC(=O)N2CCCC(C(=O)O)C2)c1. The number of amides is 1. The number of hydrogen-bond acceptors (Lipinski definition) is 3. The van der Waals surface area contributed by atoms with Crippen molar-refractivity contribution in [2.24, 2.45) is 5.92 Å². The van der Waals surface area contributed by atoms with Gasteiger partial charge in [-0.2, -0.15) is 0 Å². The number of rotatable bonds is 4. The number of carbonyl (C=O) groups excluding carboxylic acids is 1. The van der Waals surface area contributed by atoms with Gasteiger partial charge in [0, 0.05) is 13.1 Å². The van der Waals surface area contributed by atoms with Crippen LogP contribution in [0.25, 0.3) is 0 Å². The Morgan fingerprint density at radius 1 is 1.45 bits per heavy atom. The normalized spacial score (nSPS) is 18.6. The zero-order chi connectivity index (χ0) is 14.5. The molecule has 1 amide bonds. The van der Waals surface area contributed by atoms with Crippen molar-refractivity contribution in [2.45, 2.75) is 19.3 Å². The van der Waals surface area contributed by atoms with Crippen molar-refractivity contribution in [3.8, 4) is 5.75 Å². The molecule has 0 aromatic heterocycles. The minimum atomic E-state index is -0.816. The first-order chi connectivity index (χ1) is 9.60. The number of ether oxygens (including phenoxy) is 1. The molecule has 1 aromatic carbocycles. The van der Waals surface area contributed by atoms with Crippen molar-refractivity contribution in [2.75, 3.05) is 20.2 Å². The van der Waals surface area contributed by atoms with Crippen LogP contribution in [0.2, 0.25) is 0 Å². The summed E-state index contributed by atoms with van der Waals surface area (Å²) in [6.07, 6.45) is 1.68. The van der Waals surface area contributed by atoms with Crippen molar-refractivity contribution in [1.82, 2.24) is 4.90 Å². The Hall–Kier alpha value is -2.04. The van der Waals surface area contributed by atoms with Crippen LogP contribution in [-0.2, 0) is 16.0 Å². The fourth-order valence-electron chi connectivity index (χ4n) is 2.47. The van der Waals surface area contributed by atoms with E-state index in [1.807, 2.05) is 24.3 Å². The van der Waals surface area contributed by atoms with Gasteiger partial charge in [0.05, 0.1) is 19.4 Å². The van der Waals surface area contributed by atoms with Crippen LogP contribution in [0.3, 0.4) is 0 Å². The van der Waals surface area contributed by atoms with Crippen molar-refractivity contribution in [3.63, 3.8) is 0 Å². The molecule has 1 fully saturated rings. The van der Waals surface area contributed by atoms with E-state index >= 15 is 0 Å². The van der Waals surface area contributed by atoms with Gasteiger partial charge >= 0.3 is 5.97 Å². The average Bonchev–Trinajstić information content (AvgIpc) is 2.47. The van der Waals surface area contributed by atoms with E-state index < -0.39 is 11.9 Å². The second-order valence-corrected chi connectivity index (χ2v) is 5.05. The lowest BCUT2D eigenvalue weighted by Crippen LogP contribution is -2.42. The van der Waals surface area contributed by atoms with Crippen LogP contribution >= 0.6 is 0 Å². The lowest BCUT2D eigenvalue weighted by atomic mass is 9.97. The third-order valence-electron chi connectivity index (χ3n) is 3.61. The molecule has 0 radical (unpaired) electrons. The van der Waals surface area contributed by atoms with E-state index in [0.717, 1.165) is 17.7 Å². The van der Waals surface area contributed by atoms with Gasteiger partial charge < -0.3 is 14.7 Å². The van der Waals surface area contributed by atoms with Crippen molar-refractivity contribution in [3.05, 3.63) is 29.8 Å². The molecule has 5 nitrogen and oxygen atoms in total. The zero-order valence-corrected chi connectivity index (χ0v) is 11.5. The summed E-state index contributed by atoms with van der Waals surface area (Å²) < 4.78 is 5.13. The highest BCUT2D eigenvalue weighted by atomic mass is 16.5. The zero-order valence-electron chi connectivity index (χ0n) is 11.5. The van der Waals surface area contributed by atoms with Crippen LogP contribution in [0.1, 0.15) is 18.4 Å². The molecule has 5 heteroatoms. The van der Waals surface area contributed by atoms with Gasteiger partial charge in [-0.05, 0) is 30.5 Å². The van der Waals surface area contributed by atoms with E-state index in [2.05, 4.69) is 0 Å². The van der Waals surface area contributed by atoms with Gasteiger partial charge in [0.15, 0.2) is 0 Å². The van der Waals surface area contributed by atoms with E-state index in [4.69, 9.17) is 9.84 Å². The predicted molar refractivity (Wildman–Crippen MR) is 73.6 cm³/mol. The summed E-state index contributed by atoms with van der Waals surface area (Å²) in [7, 11) is 1.59. The predicted octanol–water partition coefficient (Wildman–Crippen LogP) is 1.56. The summed E-state index contributed by atoms with van der Waals surface area (Å²) in [6.45, 7) is 0.963. The average molecular weight is 277 g/mol. The minimum absolute atomic E-state index is 0.0239. The molecule has 1 aliphatic heterocycles. The highest BCUT2D eigenvalue weighted by molar-refractivity contribution is 5.80. The summed E-state index contributed by atoms with van der Waals surface area (Å²) in [5, 5.41) is 9.04. The topological polar surface area (TPSA) is 66.8 Å². The number of likely N-dealkylation sites (tertiary alicyclic amines) is 1. The Morgan fingerprint density at radius 2 is 2.25 bits per heavy atom. The number of benzene rings is 1. The van der Waals surface area contributed by atoms with Crippen LogP contribution in [0.15, 0.2) is 24.3 Å². The van der Waals surface area contributed by atoms with Crippen LogP contribution < -0.4 is 4.74 Å². The van der Waals surface area contributed by atoms with Crippen LogP contribution in [-0.4, -0.2) is 42.1 Å². The third-order valence-corrected chi connectivity index (χ3v) is 3.61. The molecular weight excluding hydrogens is 258 g/mol. The molecule has 2 rings (SSSR count). The van der Waals surface area contributed by atoms with Crippen molar-refractivity contribution >= 4 is 11.9 Å². The number of carboxylic acids is 1. The van der Waals surface area contributed by atoms with E-state index in [-0.39, 0.29) is 12.3 Å². The summed E-state index contributed by atoms with van der Waals surface area (Å²) in [5.41, 5.74) is 0.881. The first-order valence-electron chi connectivity index (χ1n) is 6.73. The molecule has 0 aliphatic carbocycles. The van der Waals surface area contributed by atoms with Gasteiger partial charge in [-0.25, -0.2) is 0 Å². The molecule has 1 heterocycles. The molecule has 1 N–H and O–H groups in total. The molecule has 0 saturated carbocycles. The fourth-order valence-corrected chi connectivity index (χ4v) is 2.47. The fraction of sp³-hybridized carbons (Fsp3) is 0.467. The maximum absolute atomic E-state index is 12.2. The number of piperidine rings is 1. The van der Waals surface area contributed by atoms with Crippen LogP contribution in [0, 0.1) is 5.92 Å². The summed E-state index contributed by atoms with van der Waals surface area (Å²) in [4.78, 5) is 24.9. The monoisotopic (exact) mass is 277 g/mol. The Balaban J connectivity index is 1.98. The summed E-state index contributed by atoms with van der Waals surface area (Å²) in [5.74, 6) is -0.552. The Bertz CT molecular complexity index is 500. The second kappa shape index (κ2) is 6.41. The molecule has 20 heavy (non-hydrogen) atoms. The first-order valence-corrected chi connectivity index (χ1v) is 6.73. The summed E-state index contributed by atoms with van der Waals surface area (Å²) >= 11 is 0. The molecular formula is C15H19NO4. The molecule has 1 aliphatic rings. The number of methoxy groups -OCH3 is 1. The maximum atomic E-state index is 12.2. The molecule has 0 bridgehead atoms. The lowest BCUT2D eigenvalue weighted by Gasteiger charge is -2.30. The molecule has 1 aromatic rings. The highest BCUT2D eigenvalue weighted by Gasteiger charge is 2.27. The van der Waals surface area contributed by atoms with E-state index in [9.17, 15) is 9.59 Å². The van der Waals surface area contributed by atoms with E-state index in [1.54, 1.807) is 12.0 Å². The van der Waals surface area contributed by atoms with Crippen molar-refractivity contribution < 1.29 is 19.4 Å². The molecule has 1 atom stereocenters. The van der Waals surface area contributed by atoms with E-state index in [0.29, 0.717) is 19.5 Å². The Morgan fingerprint density at radius 3 is 2.95 bits per heavy atom. The molecule has 1 unspecified atom stereocenters. The van der Waals surface area contributed by atoms with Gasteiger partial charge in [-0.1, -0.05) is 12.1 Å². The number of nitrogens with zero attached hydrogens (tertiary/aromatic N) is 1. The largest absolute Gasteiger partial charge is 0.497 e. The van der Waals surface area contributed by atoms with Gasteiger partial charge in [0.2, 0.25) is 5.91 Å². The molecule has 1 saturated heterocycles. The smallest absolute Gasteiger partial charge is 0.308 e. The Labute approximate surface area is 118 Å². The third kappa shape index (κ3) is 3.50. The second-order valence-electron chi connectivity index (χ2n) is 5.05. The number of carboxylic acid groups (broad SMARTS) is 1. The standard InChI is InChI=1S/C15H19NO4/c1-20-13-6-2-4-11(8-13)9-14(17)16-7-3-5-12(10-16)15(18)19/h2,4,6,8,12H,3,5,7,9-10H2,1H3,(H,18,19). The van der Waals surface area contributed by atoms with Crippen molar-refractivity contribution in [1.29, 1.82) is 0 Å². The lowest BCUT2D eigenvalue weighted by molar-refractivity contribution is -0.145. The quantitative estimate of drug-likeness (QED) is 0.907. The maximum Gasteiger partial charge on any atom is 0.308 e. The number of hydrogen-bond donors (Lipinski definition) is 1. The minimum Gasteiger partial charge on any atom is -0.497 e.